The molecule has 176 valence electrons. The van der Waals surface area contributed by atoms with E-state index in [-0.39, 0.29) is 38.3 Å². The van der Waals surface area contributed by atoms with Crippen LogP contribution in [0.15, 0.2) is 53.4 Å². The number of nitrogens with zero attached hydrogens (tertiary/aromatic N) is 3. The molecule has 0 aromatic heterocycles. The molecule has 4 rings (SSSR count). The molecule has 0 radical (unpaired) electrons. The summed E-state index contributed by atoms with van der Waals surface area (Å²) in [7, 11) is -4.07. The van der Waals surface area contributed by atoms with Gasteiger partial charge in [-0.2, -0.15) is 17.5 Å². The summed E-state index contributed by atoms with van der Waals surface area (Å²) < 4.78 is 79.7. The SMILES string of the molecule is O=C1C[C@@H](N2CCN(S(=O)(=O)c3ccccc3F)CC2)C(=O)N1c1cccc(C(F)(F)F)c1. The Morgan fingerprint density at radius 1 is 0.909 bits per heavy atom. The molecule has 2 aromatic carbocycles. The third-order valence-electron chi connectivity index (χ3n) is 5.72. The molecule has 7 nitrogen and oxygen atoms in total. The zero-order chi connectivity index (χ0) is 24.0. The number of hydrogen-bond donors (Lipinski definition) is 0. The van der Waals surface area contributed by atoms with Crippen LogP contribution in [-0.4, -0.2) is 61.7 Å². The third-order valence-corrected chi connectivity index (χ3v) is 7.65. The van der Waals surface area contributed by atoms with Gasteiger partial charge in [-0.3, -0.25) is 14.5 Å². The first-order valence-electron chi connectivity index (χ1n) is 10.0. The van der Waals surface area contributed by atoms with E-state index in [1.54, 1.807) is 4.90 Å². The molecular weight excluding hydrogens is 466 g/mol. The lowest BCUT2D eigenvalue weighted by Crippen LogP contribution is -2.53. The van der Waals surface area contributed by atoms with Crippen molar-refractivity contribution in [2.75, 3.05) is 31.1 Å². The minimum atomic E-state index is -4.62. The van der Waals surface area contributed by atoms with E-state index in [0.29, 0.717) is 0 Å². The molecule has 33 heavy (non-hydrogen) atoms. The summed E-state index contributed by atoms with van der Waals surface area (Å²) in [5, 5.41) is 0. The van der Waals surface area contributed by atoms with Gasteiger partial charge in [-0.15, -0.1) is 0 Å². The number of rotatable bonds is 4. The van der Waals surface area contributed by atoms with Gasteiger partial charge in [-0.1, -0.05) is 18.2 Å². The minimum absolute atomic E-state index is 0.0296. The smallest absolute Gasteiger partial charge is 0.289 e. The van der Waals surface area contributed by atoms with Crippen molar-refractivity contribution in [2.45, 2.75) is 23.5 Å². The fourth-order valence-electron chi connectivity index (χ4n) is 4.04. The zero-order valence-corrected chi connectivity index (χ0v) is 17.9. The Hall–Kier alpha value is -2.83. The standard InChI is InChI=1S/C21H19F4N3O4S/c22-16-6-1-2-7-18(16)33(31,32)27-10-8-26(9-11-27)17-13-19(29)28(20(17)30)15-5-3-4-14(12-15)21(23,24)25/h1-7,12,17H,8-11,13H2/t17-/m1/s1. The average Bonchev–Trinajstić information content (AvgIpc) is 3.07. The van der Waals surface area contributed by atoms with E-state index in [2.05, 4.69) is 0 Å². The van der Waals surface area contributed by atoms with E-state index in [1.165, 1.54) is 24.3 Å². The lowest BCUT2D eigenvalue weighted by atomic mass is 10.1. The second kappa shape index (κ2) is 8.50. The number of sulfonamides is 1. The minimum Gasteiger partial charge on any atom is -0.289 e. The molecular formula is C21H19F4N3O4S. The number of imide groups is 1. The van der Waals surface area contributed by atoms with Crippen molar-refractivity contribution in [3.05, 3.63) is 59.9 Å². The van der Waals surface area contributed by atoms with Crippen LogP contribution in [-0.2, 0) is 25.8 Å². The maximum atomic E-state index is 14.0. The van der Waals surface area contributed by atoms with Crippen LogP contribution >= 0.6 is 0 Å². The van der Waals surface area contributed by atoms with Crippen LogP contribution < -0.4 is 4.90 Å². The fraction of sp³-hybridized carbons (Fsp3) is 0.333. The van der Waals surface area contributed by atoms with Gasteiger partial charge in [-0.05, 0) is 30.3 Å². The van der Waals surface area contributed by atoms with Gasteiger partial charge in [0.25, 0.3) is 5.91 Å². The first-order chi connectivity index (χ1) is 15.5. The average molecular weight is 485 g/mol. The lowest BCUT2D eigenvalue weighted by Gasteiger charge is -2.36. The Bertz CT molecular complexity index is 1190. The van der Waals surface area contributed by atoms with Gasteiger partial charge in [0.15, 0.2) is 0 Å². The summed E-state index contributed by atoms with van der Waals surface area (Å²) in [5.41, 5.74) is -1.14. The van der Waals surface area contributed by atoms with E-state index >= 15 is 0 Å². The molecule has 2 aromatic rings. The van der Waals surface area contributed by atoms with E-state index in [4.69, 9.17) is 0 Å². The third kappa shape index (κ3) is 4.37. The molecule has 0 saturated carbocycles. The number of amides is 2. The molecule has 0 bridgehead atoms. The van der Waals surface area contributed by atoms with Gasteiger partial charge < -0.3 is 0 Å². The van der Waals surface area contributed by atoms with Gasteiger partial charge in [0.05, 0.1) is 23.7 Å². The summed E-state index contributed by atoms with van der Waals surface area (Å²) in [5.74, 6) is -2.16. The summed E-state index contributed by atoms with van der Waals surface area (Å²) >= 11 is 0. The van der Waals surface area contributed by atoms with Crippen molar-refractivity contribution in [1.82, 2.24) is 9.21 Å². The molecule has 0 unspecified atom stereocenters. The Morgan fingerprint density at radius 3 is 2.21 bits per heavy atom. The molecule has 2 amide bonds. The summed E-state index contributed by atoms with van der Waals surface area (Å²) in [6.45, 7) is 0.151. The predicted molar refractivity (Wildman–Crippen MR) is 109 cm³/mol. The van der Waals surface area contributed by atoms with Crippen molar-refractivity contribution in [3.8, 4) is 0 Å². The van der Waals surface area contributed by atoms with Crippen LogP contribution in [0.1, 0.15) is 12.0 Å². The number of carbonyl (C=O) groups excluding carboxylic acids is 2. The fourth-order valence-corrected chi connectivity index (χ4v) is 5.53. The molecule has 12 heteroatoms. The molecule has 2 heterocycles. The number of alkyl halides is 3. The predicted octanol–water partition coefficient (Wildman–Crippen LogP) is 2.48. The van der Waals surface area contributed by atoms with Crippen molar-refractivity contribution in [2.24, 2.45) is 0 Å². The van der Waals surface area contributed by atoms with E-state index in [0.717, 1.165) is 33.5 Å². The maximum absolute atomic E-state index is 14.0. The molecule has 2 fully saturated rings. The highest BCUT2D eigenvalue weighted by Gasteiger charge is 2.45. The highest BCUT2D eigenvalue weighted by Crippen LogP contribution is 2.34. The molecule has 2 aliphatic rings. The van der Waals surface area contributed by atoms with Crippen LogP contribution in [0.3, 0.4) is 0 Å². The van der Waals surface area contributed by atoms with Crippen LogP contribution in [0.4, 0.5) is 23.2 Å². The molecule has 2 aliphatic heterocycles. The lowest BCUT2D eigenvalue weighted by molar-refractivity contribution is -0.137. The Morgan fingerprint density at radius 2 is 1.58 bits per heavy atom. The maximum Gasteiger partial charge on any atom is 0.416 e. The molecule has 2 saturated heterocycles. The van der Waals surface area contributed by atoms with E-state index in [9.17, 15) is 35.6 Å². The Kier molecular flexibility index (Phi) is 6.01. The Labute approximate surface area is 187 Å². The topological polar surface area (TPSA) is 78.0 Å². The van der Waals surface area contributed by atoms with Crippen molar-refractivity contribution in [3.63, 3.8) is 0 Å². The second-order valence-electron chi connectivity index (χ2n) is 7.71. The highest BCUT2D eigenvalue weighted by atomic mass is 32.2. The van der Waals surface area contributed by atoms with Crippen molar-refractivity contribution >= 4 is 27.5 Å². The van der Waals surface area contributed by atoms with Crippen LogP contribution in [0, 0.1) is 5.82 Å². The van der Waals surface area contributed by atoms with E-state index in [1.807, 2.05) is 0 Å². The molecule has 1 atom stereocenters. The molecule has 0 aliphatic carbocycles. The van der Waals surface area contributed by atoms with Gasteiger partial charge in [-0.25, -0.2) is 17.7 Å². The zero-order valence-electron chi connectivity index (χ0n) is 17.1. The molecule has 0 spiro atoms. The molecule has 0 N–H and O–H groups in total. The summed E-state index contributed by atoms with van der Waals surface area (Å²) in [6.07, 6.45) is -4.85. The number of benzene rings is 2. The van der Waals surface area contributed by atoms with E-state index < -0.39 is 50.3 Å². The number of hydrogen-bond acceptors (Lipinski definition) is 5. The quantitative estimate of drug-likeness (QED) is 0.491. The first kappa shape index (κ1) is 23.3. The summed E-state index contributed by atoms with van der Waals surface area (Å²) in [4.78, 5) is 27.3. The van der Waals surface area contributed by atoms with Crippen LogP contribution in [0.25, 0.3) is 0 Å². The Balaban J connectivity index is 1.47. The van der Waals surface area contributed by atoms with Crippen LogP contribution in [0.5, 0.6) is 0 Å². The van der Waals surface area contributed by atoms with Crippen molar-refractivity contribution < 1.29 is 35.6 Å². The summed E-state index contributed by atoms with van der Waals surface area (Å²) in [6, 6.07) is 8.08. The monoisotopic (exact) mass is 485 g/mol. The van der Waals surface area contributed by atoms with Crippen LogP contribution in [0.2, 0.25) is 0 Å². The largest absolute Gasteiger partial charge is 0.416 e. The highest BCUT2D eigenvalue weighted by molar-refractivity contribution is 7.89. The first-order valence-corrected chi connectivity index (χ1v) is 11.5. The van der Waals surface area contributed by atoms with Crippen molar-refractivity contribution in [1.29, 1.82) is 0 Å². The van der Waals surface area contributed by atoms with Gasteiger partial charge in [0, 0.05) is 26.2 Å². The van der Waals surface area contributed by atoms with Gasteiger partial charge in [0.2, 0.25) is 15.9 Å². The number of halogens is 4. The normalized spacial score (nSPS) is 21.1. The number of anilines is 1. The number of carbonyl (C=O) groups is 2. The van der Waals surface area contributed by atoms with Gasteiger partial charge in [0.1, 0.15) is 10.7 Å². The van der Waals surface area contributed by atoms with Gasteiger partial charge >= 0.3 is 6.18 Å². The number of piperazine rings is 1. The second-order valence-corrected chi connectivity index (χ2v) is 9.61.